The Morgan fingerprint density at radius 3 is 2.57 bits per heavy atom. The Kier molecular flexibility index (Phi) is 6.55. The summed E-state index contributed by atoms with van der Waals surface area (Å²) in [5, 5.41) is 15.1. The van der Waals surface area contributed by atoms with Crippen LogP contribution in [-0.2, 0) is 9.53 Å². The van der Waals surface area contributed by atoms with Gasteiger partial charge in [-0.1, -0.05) is 25.7 Å². The second-order valence-electron chi connectivity index (χ2n) is 5.87. The minimum atomic E-state index is -0.311. The van der Waals surface area contributed by atoms with Crippen LogP contribution in [0.25, 0.3) is 0 Å². The summed E-state index contributed by atoms with van der Waals surface area (Å²) in [6.07, 6.45) is 11.0. The Balaban J connectivity index is 1.78. The van der Waals surface area contributed by atoms with Crippen LogP contribution < -0.4 is 10.6 Å². The predicted octanol–water partition coefficient (Wildman–Crippen LogP) is 2.00. The summed E-state index contributed by atoms with van der Waals surface area (Å²) in [6, 6.07) is 2.37. The summed E-state index contributed by atoms with van der Waals surface area (Å²) >= 11 is 0. The highest BCUT2D eigenvalue weighted by molar-refractivity contribution is 5.97. The molecule has 0 aromatic carbocycles. The average Bonchev–Trinajstić information content (AvgIpc) is 2.88. The summed E-state index contributed by atoms with van der Waals surface area (Å²) in [6.45, 7) is 1.26. The van der Waals surface area contributed by atoms with Crippen molar-refractivity contribution in [2.24, 2.45) is 0 Å². The summed E-state index contributed by atoms with van der Waals surface area (Å²) < 4.78 is 5.45. The standard InChI is InChI=1S/C16H25N3O2/c17-10-13(11-18-14-6-3-1-2-4-7-14)16(20)19-12-15-8-5-9-21-15/h11,14-15,18H,1-9,12H2,(H,19,20)/b13-11-. The first-order chi connectivity index (χ1) is 10.3. The molecule has 5 heteroatoms. The largest absolute Gasteiger partial charge is 0.387 e. The van der Waals surface area contributed by atoms with Crippen molar-refractivity contribution in [3.8, 4) is 6.07 Å². The molecule has 5 nitrogen and oxygen atoms in total. The lowest BCUT2D eigenvalue weighted by Crippen LogP contribution is -2.33. The fourth-order valence-corrected chi connectivity index (χ4v) is 2.90. The highest BCUT2D eigenvalue weighted by Crippen LogP contribution is 2.17. The van der Waals surface area contributed by atoms with E-state index >= 15 is 0 Å². The lowest BCUT2D eigenvalue weighted by Gasteiger charge is -2.15. The summed E-state index contributed by atoms with van der Waals surface area (Å²) in [4.78, 5) is 12.0. The molecular formula is C16H25N3O2. The predicted molar refractivity (Wildman–Crippen MR) is 80.3 cm³/mol. The van der Waals surface area contributed by atoms with Crippen molar-refractivity contribution in [1.29, 1.82) is 5.26 Å². The monoisotopic (exact) mass is 291 g/mol. The van der Waals surface area contributed by atoms with E-state index in [4.69, 9.17) is 10.00 Å². The highest BCUT2D eigenvalue weighted by Gasteiger charge is 2.18. The lowest BCUT2D eigenvalue weighted by molar-refractivity contribution is -0.117. The Labute approximate surface area is 126 Å². The Morgan fingerprint density at radius 1 is 1.19 bits per heavy atom. The quantitative estimate of drug-likeness (QED) is 0.461. The van der Waals surface area contributed by atoms with Crippen LogP contribution in [0.1, 0.15) is 51.4 Å². The zero-order valence-electron chi connectivity index (χ0n) is 12.6. The molecule has 1 saturated heterocycles. The van der Waals surface area contributed by atoms with E-state index in [2.05, 4.69) is 10.6 Å². The minimum absolute atomic E-state index is 0.101. The fraction of sp³-hybridized carbons (Fsp3) is 0.750. The van der Waals surface area contributed by atoms with Crippen molar-refractivity contribution in [3.63, 3.8) is 0 Å². The van der Waals surface area contributed by atoms with Crippen molar-refractivity contribution in [2.75, 3.05) is 13.2 Å². The molecule has 2 aliphatic rings. The molecule has 21 heavy (non-hydrogen) atoms. The average molecular weight is 291 g/mol. The molecular weight excluding hydrogens is 266 g/mol. The molecule has 1 aliphatic heterocycles. The number of ether oxygens (including phenoxy) is 1. The first kappa shape index (κ1) is 15.8. The third-order valence-corrected chi connectivity index (χ3v) is 4.20. The number of carbonyl (C=O) groups excluding carboxylic acids is 1. The van der Waals surface area contributed by atoms with E-state index in [1.54, 1.807) is 6.20 Å². The van der Waals surface area contributed by atoms with Crippen LogP contribution in [0.4, 0.5) is 0 Å². The van der Waals surface area contributed by atoms with E-state index < -0.39 is 0 Å². The molecule has 2 N–H and O–H groups in total. The number of nitrogens with one attached hydrogen (secondary N) is 2. The molecule has 1 aliphatic carbocycles. The van der Waals surface area contributed by atoms with E-state index in [-0.39, 0.29) is 17.6 Å². The number of nitriles is 1. The molecule has 2 rings (SSSR count). The molecule has 0 radical (unpaired) electrons. The van der Waals surface area contributed by atoms with Gasteiger partial charge in [-0.15, -0.1) is 0 Å². The molecule has 2 fully saturated rings. The second kappa shape index (κ2) is 8.68. The van der Waals surface area contributed by atoms with Gasteiger partial charge in [0.25, 0.3) is 5.91 Å². The van der Waals surface area contributed by atoms with Crippen LogP contribution in [0.15, 0.2) is 11.8 Å². The van der Waals surface area contributed by atoms with E-state index in [1.807, 2.05) is 6.07 Å². The SMILES string of the molecule is N#C/C(=C/NC1CCCCCC1)C(=O)NCC1CCCO1. The Bertz CT molecular complexity index is 400. The van der Waals surface area contributed by atoms with Gasteiger partial charge in [0.15, 0.2) is 0 Å². The summed E-state index contributed by atoms with van der Waals surface area (Å²) in [5.74, 6) is -0.311. The molecule has 116 valence electrons. The Hall–Kier alpha value is -1.54. The number of hydrogen-bond donors (Lipinski definition) is 2. The maximum Gasteiger partial charge on any atom is 0.263 e. The molecule has 0 bridgehead atoms. The number of nitrogens with zero attached hydrogens (tertiary/aromatic N) is 1. The summed E-state index contributed by atoms with van der Waals surface area (Å²) in [5.41, 5.74) is 0.150. The molecule has 0 aromatic rings. The minimum Gasteiger partial charge on any atom is -0.387 e. The van der Waals surface area contributed by atoms with Crippen molar-refractivity contribution >= 4 is 5.91 Å². The zero-order valence-corrected chi connectivity index (χ0v) is 12.6. The normalized spacial score (nSPS) is 24.1. The lowest BCUT2D eigenvalue weighted by atomic mass is 10.1. The third-order valence-electron chi connectivity index (χ3n) is 4.20. The maximum absolute atomic E-state index is 12.0. The van der Waals surface area contributed by atoms with Gasteiger partial charge in [0.2, 0.25) is 0 Å². The maximum atomic E-state index is 12.0. The molecule has 1 amide bonds. The van der Waals surface area contributed by atoms with Crippen LogP contribution >= 0.6 is 0 Å². The molecule has 1 atom stereocenters. The van der Waals surface area contributed by atoms with Crippen LogP contribution in [0.3, 0.4) is 0 Å². The molecule has 1 unspecified atom stereocenters. The first-order valence-corrected chi connectivity index (χ1v) is 8.05. The number of hydrogen-bond acceptors (Lipinski definition) is 4. The van der Waals surface area contributed by atoms with Gasteiger partial charge in [-0.25, -0.2) is 0 Å². The molecule has 0 spiro atoms. The van der Waals surface area contributed by atoms with Crippen LogP contribution in [0, 0.1) is 11.3 Å². The van der Waals surface area contributed by atoms with Gasteiger partial charge >= 0.3 is 0 Å². The van der Waals surface area contributed by atoms with E-state index in [9.17, 15) is 4.79 Å². The number of rotatable bonds is 5. The van der Waals surface area contributed by atoms with Gasteiger partial charge < -0.3 is 15.4 Å². The fourth-order valence-electron chi connectivity index (χ4n) is 2.90. The van der Waals surface area contributed by atoms with E-state index in [0.717, 1.165) is 32.3 Å². The zero-order chi connectivity index (χ0) is 14.9. The van der Waals surface area contributed by atoms with Crippen LogP contribution in [0.2, 0.25) is 0 Å². The van der Waals surface area contributed by atoms with Crippen molar-refractivity contribution < 1.29 is 9.53 Å². The van der Waals surface area contributed by atoms with E-state index in [0.29, 0.717) is 12.6 Å². The smallest absolute Gasteiger partial charge is 0.263 e. The van der Waals surface area contributed by atoms with Gasteiger partial charge in [0.1, 0.15) is 11.6 Å². The third kappa shape index (κ3) is 5.39. The first-order valence-electron chi connectivity index (χ1n) is 8.05. The van der Waals surface area contributed by atoms with Crippen LogP contribution in [0.5, 0.6) is 0 Å². The van der Waals surface area contributed by atoms with Crippen LogP contribution in [-0.4, -0.2) is 31.2 Å². The van der Waals surface area contributed by atoms with Gasteiger partial charge in [0, 0.05) is 25.4 Å². The number of amides is 1. The summed E-state index contributed by atoms with van der Waals surface area (Å²) in [7, 11) is 0. The highest BCUT2D eigenvalue weighted by atomic mass is 16.5. The van der Waals surface area contributed by atoms with Gasteiger partial charge in [-0.2, -0.15) is 5.26 Å². The van der Waals surface area contributed by atoms with Crippen molar-refractivity contribution in [1.82, 2.24) is 10.6 Å². The van der Waals surface area contributed by atoms with Gasteiger partial charge in [-0.3, -0.25) is 4.79 Å². The van der Waals surface area contributed by atoms with Crippen molar-refractivity contribution in [2.45, 2.75) is 63.5 Å². The van der Waals surface area contributed by atoms with E-state index in [1.165, 1.54) is 25.7 Å². The van der Waals surface area contributed by atoms with Crippen molar-refractivity contribution in [3.05, 3.63) is 11.8 Å². The topological polar surface area (TPSA) is 74.2 Å². The van der Waals surface area contributed by atoms with Gasteiger partial charge in [0.05, 0.1) is 6.10 Å². The second-order valence-corrected chi connectivity index (χ2v) is 5.87. The Morgan fingerprint density at radius 2 is 1.95 bits per heavy atom. The molecule has 0 aromatic heterocycles. The molecule has 1 saturated carbocycles. The molecule has 1 heterocycles. The number of carbonyl (C=O) groups is 1. The van der Waals surface area contributed by atoms with Gasteiger partial charge in [-0.05, 0) is 25.7 Å².